The lowest BCUT2D eigenvalue weighted by atomic mass is 10.2. The minimum Gasteiger partial charge on any atom is -0.265 e. The minimum atomic E-state index is 0.193. The van der Waals surface area contributed by atoms with E-state index in [1.54, 1.807) is 0 Å². The zero-order chi connectivity index (χ0) is 8.55. The first kappa shape index (κ1) is 7.95. The molecule has 0 N–H and O–H groups in total. The van der Waals surface area contributed by atoms with Crippen molar-refractivity contribution in [2.45, 2.75) is 13.3 Å². The molecule has 62 valence electrons. The average Bonchev–Trinajstić information content (AvgIpc) is 2.43. The quantitative estimate of drug-likeness (QED) is 0.685. The predicted molar refractivity (Wildman–Crippen MR) is 55.4 cm³/mol. The molecule has 0 saturated heterocycles. The molecule has 2 rings (SSSR count). The lowest BCUT2D eigenvalue weighted by Gasteiger charge is -1.93. The van der Waals surface area contributed by atoms with Gasteiger partial charge in [0.1, 0.15) is 0 Å². The van der Waals surface area contributed by atoms with E-state index in [2.05, 4.69) is 19.1 Å². The van der Waals surface area contributed by atoms with Crippen LogP contribution in [0.2, 0.25) is 0 Å². The number of aryl methyl sites for hydroxylation is 1. The monoisotopic (exact) mass is 196 g/mol. The molecule has 0 aliphatic rings. The largest absolute Gasteiger partial charge is 0.288 e. The van der Waals surface area contributed by atoms with E-state index >= 15 is 0 Å². The smallest absolute Gasteiger partial charge is 0.265 e. The van der Waals surface area contributed by atoms with Gasteiger partial charge in [-0.3, -0.25) is 4.79 Å². The summed E-state index contributed by atoms with van der Waals surface area (Å²) < 4.78 is 2.44. The molecule has 0 radical (unpaired) electrons. The fourth-order valence-corrected chi connectivity index (χ4v) is 3.13. The fraction of sp³-hybridized carbons (Fsp3) is 0.222. The molecule has 1 aromatic heterocycles. The van der Waals surface area contributed by atoms with Crippen LogP contribution in [-0.4, -0.2) is 0 Å². The highest BCUT2D eigenvalue weighted by Gasteiger charge is 1.99. The molecule has 0 fully saturated rings. The number of benzene rings is 1. The third-order valence-electron chi connectivity index (χ3n) is 1.80. The second-order valence-electron chi connectivity index (χ2n) is 2.59. The van der Waals surface area contributed by atoms with Crippen LogP contribution in [0.3, 0.4) is 0 Å². The second-order valence-corrected chi connectivity index (χ2v) is 4.88. The molecule has 0 aliphatic carbocycles. The highest BCUT2D eigenvalue weighted by Crippen LogP contribution is 2.22. The molecule has 0 amide bonds. The molecule has 3 heteroatoms. The van der Waals surface area contributed by atoms with Crippen molar-refractivity contribution in [3.05, 3.63) is 32.6 Å². The van der Waals surface area contributed by atoms with Crippen molar-refractivity contribution in [1.29, 1.82) is 0 Å². The van der Waals surface area contributed by atoms with Gasteiger partial charge >= 0.3 is 0 Å². The molecule has 1 aromatic carbocycles. The Bertz CT molecular complexity index is 453. The maximum atomic E-state index is 11.0. The number of fused-ring (bicyclic) bond motifs is 1. The molecule has 0 unspecified atom stereocenters. The molecule has 0 aliphatic heterocycles. The van der Waals surface area contributed by atoms with Gasteiger partial charge in [-0.2, -0.15) is 0 Å². The zero-order valence-electron chi connectivity index (χ0n) is 6.66. The van der Waals surface area contributed by atoms with Crippen molar-refractivity contribution in [2.24, 2.45) is 0 Å². The van der Waals surface area contributed by atoms with Crippen LogP contribution in [0.25, 0.3) is 9.40 Å². The molecule has 2 aromatic rings. The van der Waals surface area contributed by atoms with Crippen molar-refractivity contribution in [3.63, 3.8) is 0 Å². The normalized spacial score (nSPS) is 10.8. The fourth-order valence-electron chi connectivity index (χ4n) is 1.14. The Kier molecular flexibility index (Phi) is 1.98. The summed E-state index contributed by atoms with van der Waals surface area (Å²) in [5.41, 5.74) is 1.30. The third kappa shape index (κ3) is 1.30. The summed E-state index contributed by atoms with van der Waals surface area (Å²) in [4.78, 5) is 11.0. The Balaban J connectivity index is 2.74. The van der Waals surface area contributed by atoms with E-state index in [1.165, 1.54) is 28.2 Å². The van der Waals surface area contributed by atoms with Crippen LogP contribution in [-0.2, 0) is 6.42 Å². The predicted octanol–water partition coefficient (Wildman–Crippen LogP) is 2.89. The van der Waals surface area contributed by atoms with Gasteiger partial charge in [0.05, 0.1) is 0 Å². The molecular formula is C9H8OS2. The van der Waals surface area contributed by atoms with Crippen LogP contribution in [0.15, 0.2) is 23.0 Å². The molecule has 1 heterocycles. The highest BCUT2D eigenvalue weighted by atomic mass is 32.2. The van der Waals surface area contributed by atoms with Gasteiger partial charge in [-0.1, -0.05) is 35.7 Å². The summed E-state index contributed by atoms with van der Waals surface area (Å²) in [6.45, 7) is 2.12. The number of rotatable bonds is 1. The summed E-state index contributed by atoms with van der Waals surface area (Å²) >= 11 is 2.68. The standard InChI is InChI=1S/C9H8OS2/c1-2-6-3-4-7-8(5-6)12-9(10)11-7/h3-5H,2H2,1H3. The minimum absolute atomic E-state index is 0.193. The molecule has 0 atom stereocenters. The van der Waals surface area contributed by atoms with Crippen molar-refractivity contribution in [3.8, 4) is 0 Å². The SMILES string of the molecule is CCc1ccc2sc(=O)sc2c1. The Morgan fingerprint density at radius 1 is 1.25 bits per heavy atom. The van der Waals surface area contributed by atoms with E-state index < -0.39 is 0 Å². The molecule has 12 heavy (non-hydrogen) atoms. The second kappa shape index (κ2) is 2.99. The lowest BCUT2D eigenvalue weighted by Crippen LogP contribution is -1.75. The summed E-state index contributed by atoms with van der Waals surface area (Å²) in [6, 6.07) is 6.24. The third-order valence-corrected chi connectivity index (χ3v) is 3.90. The Morgan fingerprint density at radius 3 is 2.75 bits per heavy atom. The van der Waals surface area contributed by atoms with Crippen LogP contribution < -0.4 is 4.06 Å². The summed E-state index contributed by atoms with van der Waals surface area (Å²) in [5, 5.41) is 0. The van der Waals surface area contributed by atoms with E-state index in [-0.39, 0.29) is 4.06 Å². The van der Waals surface area contributed by atoms with E-state index in [1.807, 2.05) is 6.07 Å². The van der Waals surface area contributed by atoms with Gasteiger partial charge in [-0.25, -0.2) is 0 Å². The van der Waals surface area contributed by atoms with Crippen LogP contribution >= 0.6 is 22.7 Å². The van der Waals surface area contributed by atoms with Crippen molar-refractivity contribution >= 4 is 32.1 Å². The zero-order valence-corrected chi connectivity index (χ0v) is 8.30. The Hall–Kier alpha value is -0.670. The molecule has 0 saturated carbocycles. The van der Waals surface area contributed by atoms with E-state index in [0.717, 1.165) is 15.8 Å². The summed E-state index contributed by atoms with van der Waals surface area (Å²) in [6.07, 6.45) is 1.03. The van der Waals surface area contributed by atoms with Gasteiger partial charge in [-0.05, 0) is 24.1 Å². The van der Waals surface area contributed by atoms with E-state index in [4.69, 9.17) is 0 Å². The maximum Gasteiger partial charge on any atom is 0.288 e. The van der Waals surface area contributed by atoms with Crippen LogP contribution in [0.5, 0.6) is 0 Å². The molecule has 1 nitrogen and oxygen atoms in total. The van der Waals surface area contributed by atoms with Crippen molar-refractivity contribution in [1.82, 2.24) is 0 Å². The van der Waals surface area contributed by atoms with E-state index in [0.29, 0.717) is 0 Å². The van der Waals surface area contributed by atoms with Crippen LogP contribution in [0, 0.1) is 0 Å². The van der Waals surface area contributed by atoms with Crippen LogP contribution in [0.1, 0.15) is 12.5 Å². The number of hydrogen-bond donors (Lipinski definition) is 0. The van der Waals surface area contributed by atoms with Gasteiger partial charge in [0, 0.05) is 9.40 Å². The molecule has 0 bridgehead atoms. The van der Waals surface area contributed by atoms with Gasteiger partial charge in [0.2, 0.25) is 0 Å². The molecule has 0 spiro atoms. The van der Waals surface area contributed by atoms with Gasteiger partial charge in [0.15, 0.2) is 0 Å². The van der Waals surface area contributed by atoms with Crippen LogP contribution in [0.4, 0.5) is 0 Å². The topological polar surface area (TPSA) is 17.1 Å². The summed E-state index contributed by atoms with van der Waals surface area (Å²) in [5.74, 6) is 0. The molecular weight excluding hydrogens is 188 g/mol. The first-order valence-corrected chi connectivity index (χ1v) is 5.45. The van der Waals surface area contributed by atoms with Gasteiger partial charge in [0.25, 0.3) is 4.06 Å². The maximum absolute atomic E-state index is 11.0. The Morgan fingerprint density at radius 2 is 2.00 bits per heavy atom. The first-order valence-electron chi connectivity index (χ1n) is 3.82. The number of hydrogen-bond acceptors (Lipinski definition) is 3. The van der Waals surface area contributed by atoms with Crippen molar-refractivity contribution in [2.75, 3.05) is 0 Å². The lowest BCUT2D eigenvalue weighted by molar-refractivity contribution is 1.15. The Labute approximate surface area is 78.3 Å². The highest BCUT2D eigenvalue weighted by molar-refractivity contribution is 7.35. The summed E-state index contributed by atoms with van der Waals surface area (Å²) in [7, 11) is 0. The van der Waals surface area contributed by atoms with Crippen molar-refractivity contribution < 1.29 is 0 Å². The van der Waals surface area contributed by atoms with Gasteiger partial charge < -0.3 is 0 Å². The first-order chi connectivity index (χ1) is 5.79. The average molecular weight is 196 g/mol. The van der Waals surface area contributed by atoms with E-state index in [9.17, 15) is 4.79 Å². The van der Waals surface area contributed by atoms with Gasteiger partial charge in [-0.15, -0.1) is 0 Å².